The van der Waals surface area contributed by atoms with Crippen LogP contribution in [0.1, 0.15) is 38.2 Å². The maximum absolute atomic E-state index is 12.7. The summed E-state index contributed by atoms with van der Waals surface area (Å²) in [5.74, 6) is 1.03. The Morgan fingerprint density at radius 1 is 1.13 bits per heavy atom. The Hall–Kier alpha value is -2.37. The zero-order valence-electron chi connectivity index (χ0n) is 18.2. The predicted octanol–water partition coefficient (Wildman–Crippen LogP) is 4.26. The number of benzene rings is 2. The number of carbonyl (C=O) groups excluding carboxylic acids is 1. The van der Waals surface area contributed by atoms with Crippen LogP contribution in [-0.2, 0) is 16.1 Å². The molecule has 0 saturated carbocycles. The predicted molar refractivity (Wildman–Crippen MR) is 121 cm³/mol. The fourth-order valence-electron chi connectivity index (χ4n) is 4.03. The normalized spacial score (nSPS) is 16.9. The lowest BCUT2D eigenvalue weighted by Crippen LogP contribution is -2.49. The summed E-state index contributed by atoms with van der Waals surface area (Å²) in [5, 5.41) is 3.10. The van der Waals surface area contributed by atoms with Crippen LogP contribution in [0.4, 0.5) is 0 Å². The van der Waals surface area contributed by atoms with E-state index in [0.29, 0.717) is 13.2 Å². The molecule has 1 aliphatic rings. The van der Waals surface area contributed by atoms with Gasteiger partial charge in [-0.3, -0.25) is 9.69 Å². The molecule has 5 heteroatoms. The number of piperidine rings is 1. The smallest absolute Gasteiger partial charge is 0.237 e. The number of ether oxygens (including phenoxy) is 2. The van der Waals surface area contributed by atoms with Crippen molar-refractivity contribution in [1.82, 2.24) is 10.2 Å². The number of rotatable bonds is 10. The van der Waals surface area contributed by atoms with Crippen molar-refractivity contribution in [2.24, 2.45) is 0 Å². The standard InChI is InChI=1S/C25H34N2O3/c1-3-30-18-8-16-26-25(28)23-10-6-7-17-27(23)19-20-12-14-21(15-13-20)22-9-4-5-11-24(22)29-2/h4-5,9,11-15,23H,3,6-8,10,16-19H2,1-2H3,(H,26,28). The van der Waals surface area contributed by atoms with Crippen LogP contribution in [0.2, 0.25) is 0 Å². The Morgan fingerprint density at radius 3 is 2.70 bits per heavy atom. The number of likely N-dealkylation sites (tertiary alicyclic amines) is 1. The molecule has 2 aromatic rings. The van der Waals surface area contributed by atoms with E-state index in [2.05, 4.69) is 40.5 Å². The summed E-state index contributed by atoms with van der Waals surface area (Å²) in [7, 11) is 1.70. The highest BCUT2D eigenvalue weighted by atomic mass is 16.5. The molecule has 0 bridgehead atoms. The van der Waals surface area contributed by atoms with Gasteiger partial charge in [-0.1, -0.05) is 48.9 Å². The molecule has 1 unspecified atom stereocenters. The van der Waals surface area contributed by atoms with E-state index in [1.165, 1.54) is 5.56 Å². The number of amides is 1. The van der Waals surface area contributed by atoms with Gasteiger partial charge in [0.1, 0.15) is 5.75 Å². The second kappa shape index (κ2) is 11.7. The van der Waals surface area contributed by atoms with E-state index in [4.69, 9.17) is 9.47 Å². The van der Waals surface area contributed by atoms with E-state index in [-0.39, 0.29) is 11.9 Å². The molecule has 0 aliphatic carbocycles. The zero-order chi connectivity index (χ0) is 21.2. The number of para-hydroxylation sites is 1. The minimum absolute atomic E-state index is 0.0419. The van der Waals surface area contributed by atoms with Crippen LogP contribution >= 0.6 is 0 Å². The maximum Gasteiger partial charge on any atom is 0.237 e. The van der Waals surface area contributed by atoms with Gasteiger partial charge in [0.05, 0.1) is 13.2 Å². The second-order valence-electron chi connectivity index (χ2n) is 7.72. The quantitative estimate of drug-likeness (QED) is 0.595. The summed E-state index contributed by atoms with van der Waals surface area (Å²) in [6.45, 7) is 5.84. The minimum atomic E-state index is -0.0419. The van der Waals surface area contributed by atoms with E-state index in [1.807, 2.05) is 25.1 Å². The van der Waals surface area contributed by atoms with Gasteiger partial charge in [-0.15, -0.1) is 0 Å². The van der Waals surface area contributed by atoms with Crippen molar-refractivity contribution in [3.63, 3.8) is 0 Å². The second-order valence-corrected chi connectivity index (χ2v) is 7.72. The van der Waals surface area contributed by atoms with Crippen LogP contribution in [0.5, 0.6) is 5.75 Å². The Balaban J connectivity index is 1.60. The summed E-state index contributed by atoms with van der Waals surface area (Å²) >= 11 is 0. The Bertz CT molecular complexity index is 791. The average Bonchev–Trinajstić information content (AvgIpc) is 2.79. The fraction of sp³-hybridized carbons (Fsp3) is 0.480. The van der Waals surface area contributed by atoms with Crippen LogP contribution in [0.15, 0.2) is 48.5 Å². The number of hydrogen-bond donors (Lipinski definition) is 1. The highest BCUT2D eigenvalue weighted by Crippen LogP contribution is 2.30. The first-order chi connectivity index (χ1) is 14.7. The van der Waals surface area contributed by atoms with Gasteiger partial charge in [0, 0.05) is 31.9 Å². The topological polar surface area (TPSA) is 50.8 Å². The van der Waals surface area contributed by atoms with Crippen LogP contribution in [0.25, 0.3) is 11.1 Å². The van der Waals surface area contributed by atoms with Gasteiger partial charge in [0.2, 0.25) is 5.91 Å². The molecule has 5 nitrogen and oxygen atoms in total. The molecule has 1 saturated heterocycles. The third kappa shape index (κ3) is 6.07. The molecule has 0 spiro atoms. The van der Waals surface area contributed by atoms with Gasteiger partial charge in [-0.25, -0.2) is 0 Å². The van der Waals surface area contributed by atoms with Crippen LogP contribution < -0.4 is 10.1 Å². The van der Waals surface area contributed by atoms with Crippen molar-refractivity contribution in [3.05, 3.63) is 54.1 Å². The van der Waals surface area contributed by atoms with Gasteiger partial charge in [-0.05, 0) is 49.9 Å². The summed E-state index contributed by atoms with van der Waals surface area (Å²) in [6.07, 6.45) is 4.04. The van der Waals surface area contributed by atoms with Crippen molar-refractivity contribution < 1.29 is 14.3 Å². The lowest BCUT2D eigenvalue weighted by atomic mass is 9.99. The highest BCUT2D eigenvalue weighted by Gasteiger charge is 2.28. The van der Waals surface area contributed by atoms with Crippen molar-refractivity contribution >= 4 is 5.91 Å². The molecule has 2 aromatic carbocycles. The maximum atomic E-state index is 12.7. The minimum Gasteiger partial charge on any atom is -0.496 e. The van der Waals surface area contributed by atoms with Gasteiger partial charge in [0.25, 0.3) is 0 Å². The Kier molecular flexibility index (Phi) is 8.72. The Morgan fingerprint density at radius 2 is 1.93 bits per heavy atom. The van der Waals surface area contributed by atoms with E-state index >= 15 is 0 Å². The lowest BCUT2D eigenvalue weighted by molar-refractivity contribution is -0.127. The zero-order valence-corrected chi connectivity index (χ0v) is 18.2. The molecular weight excluding hydrogens is 376 g/mol. The average molecular weight is 411 g/mol. The lowest BCUT2D eigenvalue weighted by Gasteiger charge is -2.34. The van der Waals surface area contributed by atoms with E-state index in [9.17, 15) is 4.79 Å². The molecule has 1 aliphatic heterocycles. The van der Waals surface area contributed by atoms with Gasteiger partial charge < -0.3 is 14.8 Å². The van der Waals surface area contributed by atoms with Gasteiger partial charge in [-0.2, -0.15) is 0 Å². The first-order valence-corrected chi connectivity index (χ1v) is 11.0. The molecule has 1 atom stereocenters. The molecule has 0 aromatic heterocycles. The van der Waals surface area contributed by atoms with Gasteiger partial charge >= 0.3 is 0 Å². The molecule has 30 heavy (non-hydrogen) atoms. The van der Waals surface area contributed by atoms with Crippen molar-refractivity contribution in [2.45, 2.75) is 45.2 Å². The molecule has 0 radical (unpaired) electrons. The van der Waals surface area contributed by atoms with Crippen LogP contribution in [-0.4, -0.2) is 50.3 Å². The molecule has 162 valence electrons. The van der Waals surface area contributed by atoms with Crippen molar-refractivity contribution in [2.75, 3.05) is 33.4 Å². The third-order valence-corrected chi connectivity index (χ3v) is 5.64. The molecule has 1 amide bonds. The Labute approximate surface area is 180 Å². The van der Waals surface area contributed by atoms with Gasteiger partial charge in [0.15, 0.2) is 0 Å². The van der Waals surface area contributed by atoms with Crippen molar-refractivity contribution in [3.8, 4) is 16.9 Å². The summed E-state index contributed by atoms with van der Waals surface area (Å²) in [5.41, 5.74) is 3.46. The summed E-state index contributed by atoms with van der Waals surface area (Å²) in [6, 6.07) is 16.6. The largest absolute Gasteiger partial charge is 0.496 e. The molecule has 3 rings (SSSR count). The van der Waals surface area contributed by atoms with Crippen molar-refractivity contribution in [1.29, 1.82) is 0 Å². The number of hydrogen-bond acceptors (Lipinski definition) is 4. The number of carbonyl (C=O) groups is 1. The third-order valence-electron chi connectivity index (χ3n) is 5.64. The van der Waals surface area contributed by atoms with E-state index < -0.39 is 0 Å². The molecule has 1 heterocycles. The highest BCUT2D eigenvalue weighted by molar-refractivity contribution is 5.81. The van der Waals surface area contributed by atoms with Crippen LogP contribution in [0.3, 0.4) is 0 Å². The van der Waals surface area contributed by atoms with E-state index in [0.717, 1.165) is 62.3 Å². The van der Waals surface area contributed by atoms with Crippen LogP contribution in [0, 0.1) is 0 Å². The first kappa shape index (κ1) is 22.3. The van der Waals surface area contributed by atoms with E-state index in [1.54, 1.807) is 7.11 Å². The molecular formula is C25H34N2O3. The molecule has 1 N–H and O–H groups in total. The summed E-state index contributed by atoms with van der Waals surface area (Å²) in [4.78, 5) is 15.1. The molecule has 1 fully saturated rings. The number of methoxy groups -OCH3 is 1. The fourth-order valence-corrected chi connectivity index (χ4v) is 4.03. The summed E-state index contributed by atoms with van der Waals surface area (Å²) < 4.78 is 10.8. The SMILES string of the molecule is CCOCCCNC(=O)C1CCCCN1Cc1ccc(-c2ccccc2OC)cc1. The first-order valence-electron chi connectivity index (χ1n) is 11.0. The number of nitrogens with zero attached hydrogens (tertiary/aromatic N) is 1. The monoisotopic (exact) mass is 410 g/mol. The number of nitrogens with one attached hydrogen (secondary N) is 1.